The summed E-state index contributed by atoms with van der Waals surface area (Å²) in [6, 6.07) is 6.75. The van der Waals surface area contributed by atoms with Crippen molar-refractivity contribution in [2.24, 2.45) is 5.92 Å². The first-order chi connectivity index (χ1) is 14.9. The Hall–Kier alpha value is -2.67. The number of amides is 2. The smallest absolute Gasteiger partial charge is 0.311 e. The maximum absolute atomic E-state index is 14.2. The van der Waals surface area contributed by atoms with Crippen molar-refractivity contribution in [3.63, 3.8) is 0 Å². The molecule has 4 nitrogen and oxygen atoms in total. The number of nitrogens with zero attached hydrogens (tertiary/aromatic N) is 2. The first kappa shape index (κ1) is 20.2. The Bertz CT molecular complexity index is 1150. The Balaban J connectivity index is 1.59. The minimum atomic E-state index is -0.777. The molecule has 7 heteroatoms. The first-order valence-electron chi connectivity index (χ1n) is 10.8. The van der Waals surface area contributed by atoms with Gasteiger partial charge < -0.3 is 14.8 Å². The lowest BCUT2D eigenvalue weighted by molar-refractivity contribution is 0.161. The Morgan fingerprint density at radius 2 is 1.97 bits per heavy atom. The predicted octanol–water partition coefficient (Wildman–Crippen LogP) is 6.44. The number of rotatable bonds is 2. The van der Waals surface area contributed by atoms with E-state index in [9.17, 15) is 13.6 Å². The Morgan fingerprint density at radius 3 is 2.74 bits per heavy atom. The van der Waals surface area contributed by atoms with Gasteiger partial charge in [-0.2, -0.15) is 0 Å². The van der Waals surface area contributed by atoms with Crippen LogP contribution in [0.3, 0.4) is 0 Å². The number of hydrogen-bond acceptors (Lipinski definition) is 2. The van der Waals surface area contributed by atoms with Crippen molar-refractivity contribution < 1.29 is 13.6 Å². The van der Waals surface area contributed by atoms with Crippen molar-refractivity contribution >= 4 is 23.1 Å². The molecule has 1 aromatic carbocycles. The molecule has 162 valence electrons. The van der Waals surface area contributed by atoms with Crippen LogP contribution in [-0.2, 0) is 19.4 Å². The van der Waals surface area contributed by atoms with Crippen molar-refractivity contribution in [3.8, 4) is 5.00 Å². The number of aromatic nitrogens is 1. The summed E-state index contributed by atoms with van der Waals surface area (Å²) in [4.78, 5) is 16.7. The molecule has 0 saturated heterocycles. The molecule has 0 radical (unpaired) electrons. The number of carbonyl (C=O) groups excluding carboxylic acids is 1. The topological polar surface area (TPSA) is 37.3 Å². The van der Waals surface area contributed by atoms with E-state index in [1.807, 2.05) is 22.3 Å². The van der Waals surface area contributed by atoms with Crippen molar-refractivity contribution in [1.82, 2.24) is 9.47 Å². The van der Waals surface area contributed by atoms with Crippen molar-refractivity contribution in [2.75, 3.05) is 5.32 Å². The van der Waals surface area contributed by atoms with E-state index >= 15 is 0 Å². The first-order valence-corrected chi connectivity index (χ1v) is 11.6. The largest absolute Gasteiger partial charge is 0.322 e. The highest BCUT2D eigenvalue weighted by Gasteiger charge is 2.36. The fourth-order valence-corrected chi connectivity index (χ4v) is 6.30. The van der Waals surface area contributed by atoms with Gasteiger partial charge in [-0.3, -0.25) is 0 Å². The highest BCUT2D eigenvalue weighted by atomic mass is 32.1. The summed E-state index contributed by atoms with van der Waals surface area (Å²) in [5, 5.41) is 3.88. The van der Waals surface area contributed by atoms with E-state index < -0.39 is 11.6 Å². The molecule has 3 aromatic rings. The van der Waals surface area contributed by atoms with Gasteiger partial charge in [-0.1, -0.05) is 13.8 Å². The van der Waals surface area contributed by atoms with Crippen LogP contribution in [0, 0.1) is 17.6 Å². The van der Waals surface area contributed by atoms with Crippen LogP contribution in [0.25, 0.3) is 5.00 Å². The number of carbonyl (C=O) groups is 1. The number of urea groups is 1. The minimum absolute atomic E-state index is 0.0129. The van der Waals surface area contributed by atoms with Crippen molar-refractivity contribution in [3.05, 3.63) is 69.9 Å². The monoisotopic (exact) mass is 441 g/mol. The van der Waals surface area contributed by atoms with Gasteiger partial charge in [-0.25, -0.2) is 13.6 Å². The van der Waals surface area contributed by atoms with Gasteiger partial charge in [0.15, 0.2) is 0 Å². The molecule has 3 heterocycles. The second-order valence-corrected chi connectivity index (χ2v) is 9.75. The number of hydrogen-bond donors (Lipinski definition) is 1. The Labute approximate surface area is 184 Å². The maximum Gasteiger partial charge on any atom is 0.322 e. The minimum Gasteiger partial charge on any atom is -0.311 e. The van der Waals surface area contributed by atoms with E-state index in [0.29, 0.717) is 6.54 Å². The van der Waals surface area contributed by atoms with Crippen LogP contribution in [0.2, 0.25) is 0 Å². The zero-order valence-electron chi connectivity index (χ0n) is 17.6. The number of aryl methyl sites for hydroxylation is 1. The van der Waals surface area contributed by atoms with Crippen LogP contribution in [0.1, 0.15) is 54.4 Å². The van der Waals surface area contributed by atoms with E-state index in [1.165, 1.54) is 33.5 Å². The zero-order valence-corrected chi connectivity index (χ0v) is 18.4. The predicted molar refractivity (Wildman–Crippen MR) is 119 cm³/mol. The Morgan fingerprint density at radius 1 is 1.16 bits per heavy atom. The molecule has 1 N–H and O–H groups in total. The lowest BCUT2D eigenvalue weighted by Gasteiger charge is -2.33. The maximum atomic E-state index is 14.2. The van der Waals surface area contributed by atoms with Crippen LogP contribution >= 0.6 is 11.3 Å². The second-order valence-electron chi connectivity index (χ2n) is 8.67. The molecule has 0 spiro atoms. The third-order valence-electron chi connectivity index (χ3n) is 6.29. The second kappa shape index (κ2) is 7.79. The molecule has 0 fully saturated rings. The molecular weight excluding hydrogens is 416 g/mol. The fraction of sp³-hybridized carbons (Fsp3) is 0.375. The summed E-state index contributed by atoms with van der Waals surface area (Å²) in [6.45, 7) is 4.66. The van der Waals surface area contributed by atoms with E-state index in [1.54, 1.807) is 0 Å². The summed E-state index contributed by atoms with van der Waals surface area (Å²) in [5.74, 6) is -1.29. The van der Waals surface area contributed by atoms with Crippen molar-refractivity contribution in [2.45, 2.75) is 52.1 Å². The number of anilines is 1. The van der Waals surface area contributed by atoms with E-state index in [2.05, 4.69) is 36.0 Å². The highest BCUT2D eigenvalue weighted by Crippen LogP contribution is 2.44. The molecule has 2 aliphatic rings. The SMILES string of the molecule is CC(C)[C@H]1c2cccn2-c2sc3c(c2CN1C(=O)Nc1ccc(F)cc1F)CCCC3. The lowest BCUT2D eigenvalue weighted by Crippen LogP contribution is -2.39. The molecule has 5 rings (SSSR count). The third kappa shape index (κ3) is 3.45. The quantitative estimate of drug-likeness (QED) is 0.488. The normalized spacial score (nSPS) is 17.7. The third-order valence-corrected chi connectivity index (χ3v) is 7.62. The van der Waals surface area contributed by atoms with Gasteiger partial charge in [0.25, 0.3) is 0 Å². The van der Waals surface area contributed by atoms with Gasteiger partial charge in [0.2, 0.25) is 0 Å². The van der Waals surface area contributed by atoms with Crippen LogP contribution < -0.4 is 5.32 Å². The van der Waals surface area contributed by atoms with Gasteiger partial charge in [-0.15, -0.1) is 11.3 Å². The molecule has 1 atom stereocenters. The number of benzene rings is 1. The van der Waals surface area contributed by atoms with Crippen LogP contribution in [0.4, 0.5) is 19.3 Å². The van der Waals surface area contributed by atoms with Gasteiger partial charge >= 0.3 is 6.03 Å². The van der Waals surface area contributed by atoms with Gasteiger partial charge in [0.1, 0.15) is 16.6 Å². The molecule has 0 saturated carbocycles. The summed E-state index contributed by atoms with van der Waals surface area (Å²) in [6.07, 6.45) is 6.56. The number of thiophene rings is 1. The van der Waals surface area contributed by atoms with Gasteiger partial charge in [0.05, 0.1) is 18.3 Å². The average Bonchev–Trinajstić information content (AvgIpc) is 3.31. The summed E-state index contributed by atoms with van der Waals surface area (Å²) >= 11 is 1.84. The zero-order chi connectivity index (χ0) is 21.7. The fourth-order valence-electron chi connectivity index (χ4n) is 4.90. The number of nitrogens with one attached hydrogen (secondary N) is 1. The molecule has 2 aromatic heterocycles. The van der Waals surface area contributed by atoms with Crippen LogP contribution in [0.5, 0.6) is 0 Å². The molecular formula is C24H25F2N3OS. The summed E-state index contributed by atoms with van der Waals surface area (Å²) in [7, 11) is 0. The van der Waals surface area contributed by atoms with Crippen molar-refractivity contribution in [1.29, 1.82) is 0 Å². The van der Waals surface area contributed by atoms with Gasteiger partial charge in [-0.05, 0) is 61.4 Å². The van der Waals surface area contributed by atoms with Gasteiger partial charge in [0, 0.05) is 28.4 Å². The average molecular weight is 442 g/mol. The standard InChI is InChI=1S/C24H25F2N3OS/c1-14(2)22-20-7-5-11-28(20)23-17(16-6-3-4-8-21(16)31-23)13-29(22)24(30)27-19-10-9-15(25)12-18(19)26/h5,7,9-12,14,22H,3-4,6,8,13H2,1-2H3,(H,27,30)/t22-/m0/s1. The molecule has 31 heavy (non-hydrogen) atoms. The van der Waals surface area contributed by atoms with E-state index in [0.717, 1.165) is 37.1 Å². The lowest BCUT2D eigenvalue weighted by atomic mass is 9.94. The molecule has 2 amide bonds. The molecule has 1 aliphatic heterocycles. The summed E-state index contributed by atoms with van der Waals surface area (Å²) in [5.41, 5.74) is 3.62. The van der Waals surface area contributed by atoms with Crippen LogP contribution in [-0.4, -0.2) is 15.5 Å². The molecule has 1 aliphatic carbocycles. The Kier molecular flexibility index (Phi) is 5.08. The van der Waals surface area contributed by atoms with E-state index in [4.69, 9.17) is 0 Å². The summed E-state index contributed by atoms with van der Waals surface area (Å²) < 4.78 is 29.8. The number of halogens is 2. The molecule has 0 unspecified atom stereocenters. The van der Waals surface area contributed by atoms with E-state index in [-0.39, 0.29) is 23.7 Å². The highest BCUT2D eigenvalue weighted by molar-refractivity contribution is 7.15. The number of fused-ring (bicyclic) bond motifs is 5. The molecule has 0 bridgehead atoms. The van der Waals surface area contributed by atoms with Crippen LogP contribution in [0.15, 0.2) is 36.5 Å².